The van der Waals surface area contributed by atoms with E-state index in [0.717, 1.165) is 5.56 Å². The van der Waals surface area contributed by atoms with Crippen LogP contribution in [0, 0.1) is 0 Å². The van der Waals surface area contributed by atoms with E-state index in [1.165, 1.54) is 0 Å². The molecule has 1 aromatic heterocycles. The highest BCUT2D eigenvalue weighted by molar-refractivity contribution is 5.26. The summed E-state index contributed by atoms with van der Waals surface area (Å²) < 4.78 is 5.03. The Balaban J connectivity index is 0.000000671. The van der Waals surface area contributed by atoms with Crippen molar-refractivity contribution in [3.05, 3.63) is 17.8 Å². The molecule has 0 bridgehead atoms. The molecule has 1 rings (SSSR count). The second-order valence-corrected chi connectivity index (χ2v) is 2.65. The molecule has 0 aliphatic heterocycles. The van der Waals surface area contributed by atoms with Gasteiger partial charge in [0, 0.05) is 5.56 Å². The van der Waals surface area contributed by atoms with E-state index in [1.54, 1.807) is 13.3 Å². The highest BCUT2D eigenvalue weighted by atomic mass is 16.5. The number of rotatable bonds is 2. The second-order valence-electron chi connectivity index (χ2n) is 2.65. The van der Waals surface area contributed by atoms with Crippen LogP contribution in [0.4, 0.5) is 0 Å². The number of ether oxygens (including phenoxy) is 1. The van der Waals surface area contributed by atoms with Crippen LogP contribution in [0.5, 0.6) is 5.88 Å². The van der Waals surface area contributed by atoms with Gasteiger partial charge in [0.05, 0.1) is 13.3 Å². The number of nitrogens with zero attached hydrogens (tertiary/aromatic N) is 2. The maximum atomic E-state index is 5.03. The molecule has 0 saturated carbocycles. The van der Waals surface area contributed by atoms with Crippen LogP contribution in [-0.2, 0) is 0 Å². The Morgan fingerprint density at radius 1 is 1.31 bits per heavy atom. The molecule has 0 spiro atoms. The molecule has 0 aromatic carbocycles. The van der Waals surface area contributed by atoms with Crippen molar-refractivity contribution in [3.8, 4) is 5.88 Å². The van der Waals surface area contributed by atoms with Gasteiger partial charge in [-0.25, -0.2) is 0 Å². The van der Waals surface area contributed by atoms with E-state index in [1.807, 2.05) is 19.9 Å². The van der Waals surface area contributed by atoms with E-state index < -0.39 is 0 Å². The third-order valence-electron chi connectivity index (χ3n) is 1.53. The van der Waals surface area contributed by atoms with Crippen LogP contribution in [0.1, 0.15) is 39.2 Å². The Morgan fingerprint density at radius 2 is 1.92 bits per heavy atom. The van der Waals surface area contributed by atoms with Crippen molar-refractivity contribution in [3.63, 3.8) is 0 Å². The molecule has 0 aliphatic carbocycles. The van der Waals surface area contributed by atoms with E-state index >= 15 is 0 Å². The van der Waals surface area contributed by atoms with Gasteiger partial charge in [-0.3, -0.25) is 0 Å². The number of hydrogen-bond donors (Lipinski definition) is 0. The molecule has 0 atom stereocenters. The van der Waals surface area contributed by atoms with Crippen molar-refractivity contribution < 1.29 is 4.74 Å². The summed E-state index contributed by atoms with van der Waals surface area (Å²) in [4.78, 5) is 0. The zero-order valence-corrected chi connectivity index (χ0v) is 9.03. The van der Waals surface area contributed by atoms with E-state index in [2.05, 4.69) is 24.0 Å². The Morgan fingerprint density at radius 3 is 2.31 bits per heavy atom. The third-order valence-corrected chi connectivity index (χ3v) is 1.53. The predicted octanol–water partition coefficient (Wildman–Crippen LogP) is 2.63. The molecule has 0 radical (unpaired) electrons. The molecule has 0 saturated heterocycles. The highest BCUT2D eigenvalue weighted by Gasteiger charge is 2.06. The minimum atomic E-state index is 0.431. The molecule has 1 heterocycles. The van der Waals surface area contributed by atoms with Crippen LogP contribution in [0.15, 0.2) is 12.3 Å². The lowest BCUT2D eigenvalue weighted by Gasteiger charge is -2.07. The lowest BCUT2D eigenvalue weighted by Crippen LogP contribution is -1.97. The summed E-state index contributed by atoms with van der Waals surface area (Å²) in [5.74, 6) is 1.06. The van der Waals surface area contributed by atoms with Gasteiger partial charge in [-0.2, -0.15) is 5.10 Å². The summed E-state index contributed by atoms with van der Waals surface area (Å²) in [6.45, 7) is 8.19. The van der Waals surface area contributed by atoms with Gasteiger partial charge in [0.25, 0.3) is 0 Å². The Kier molecular flexibility index (Phi) is 5.85. The van der Waals surface area contributed by atoms with Crippen molar-refractivity contribution in [2.75, 3.05) is 7.11 Å². The minimum Gasteiger partial charge on any atom is -0.480 e. The standard InChI is InChI=1S/C8H12N2O.C2H6/c1-6(2)7-4-5-9-10-8(7)11-3;1-2/h4-6H,1-3H3;1-2H3. The van der Waals surface area contributed by atoms with E-state index in [4.69, 9.17) is 4.74 Å². The summed E-state index contributed by atoms with van der Waals surface area (Å²) in [7, 11) is 1.61. The van der Waals surface area contributed by atoms with Crippen LogP contribution in [0.3, 0.4) is 0 Å². The quantitative estimate of drug-likeness (QED) is 0.705. The average Bonchev–Trinajstić information content (AvgIpc) is 2.20. The van der Waals surface area contributed by atoms with Gasteiger partial charge in [-0.15, -0.1) is 5.10 Å². The third kappa shape index (κ3) is 3.40. The Hall–Kier alpha value is -1.12. The maximum Gasteiger partial charge on any atom is 0.236 e. The molecule has 74 valence electrons. The van der Waals surface area contributed by atoms with Gasteiger partial charge < -0.3 is 4.74 Å². The zero-order valence-electron chi connectivity index (χ0n) is 9.03. The summed E-state index contributed by atoms with van der Waals surface area (Å²) in [6.07, 6.45) is 1.68. The van der Waals surface area contributed by atoms with Crippen molar-refractivity contribution in [2.45, 2.75) is 33.6 Å². The fourth-order valence-electron chi connectivity index (χ4n) is 0.927. The van der Waals surface area contributed by atoms with E-state index in [0.29, 0.717) is 11.8 Å². The van der Waals surface area contributed by atoms with Gasteiger partial charge in [-0.1, -0.05) is 27.7 Å². The molecule has 0 amide bonds. The first-order valence-electron chi connectivity index (χ1n) is 4.61. The first-order chi connectivity index (χ1) is 6.25. The fourth-order valence-corrected chi connectivity index (χ4v) is 0.927. The van der Waals surface area contributed by atoms with Gasteiger partial charge in [0.15, 0.2) is 0 Å². The molecule has 1 aromatic rings. The van der Waals surface area contributed by atoms with Crippen LogP contribution in [-0.4, -0.2) is 17.3 Å². The van der Waals surface area contributed by atoms with Crippen molar-refractivity contribution in [2.24, 2.45) is 0 Å². The summed E-state index contributed by atoms with van der Waals surface area (Å²) in [6, 6.07) is 1.93. The average molecular weight is 182 g/mol. The second kappa shape index (κ2) is 6.40. The molecule has 0 aliphatic rings. The molecule has 0 fully saturated rings. The first kappa shape index (κ1) is 11.9. The van der Waals surface area contributed by atoms with Crippen molar-refractivity contribution in [1.82, 2.24) is 10.2 Å². The largest absolute Gasteiger partial charge is 0.480 e. The van der Waals surface area contributed by atoms with E-state index in [-0.39, 0.29) is 0 Å². The van der Waals surface area contributed by atoms with E-state index in [9.17, 15) is 0 Å². The minimum absolute atomic E-state index is 0.431. The van der Waals surface area contributed by atoms with Gasteiger partial charge in [0.1, 0.15) is 0 Å². The highest BCUT2D eigenvalue weighted by Crippen LogP contribution is 2.21. The maximum absolute atomic E-state index is 5.03. The Bertz CT molecular complexity index is 236. The molecular formula is C10H18N2O. The summed E-state index contributed by atoms with van der Waals surface area (Å²) in [5, 5.41) is 7.57. The van der Waals surface area contributed by atoms with Crippen LogP contribution < -0.4 is 4.74 Å². The van der Waals surface area contributed by atoms with Gasteiger partial charge >= 0.3 is 0 Å². The molecule has 0 N–H and O–H groups in total. The zero-order chi connectivity index (χ0) is 10.3. The monoisotopic (exact) mass is 182 g/mol. The number of aromatic nitrogens is 2. The summed E-state index contributed by atoms with van der Waals surface area (Å²) >= 11 is 0. The summed E-state index contributed by atoms with van der Waals surface area (Å²) in [5.41, 5.74) is 1.10. The normalized spacial score (nSPS) is 9.08. The SMILES string of the molecule is CC.COc1nnccc1C(C)C. The van der Waals surface area contributed by atoms with Crippen LogP contribution >= 0.6 is 0 Å². The molecule has 3 nitrogen and oxygen atoms in total. The number of hydrogen-bond acceptors (Lipinski definition) is 3. The Labute approximate surface area is 80.1 Å². The molecule has 3 heteroatoms. The van der Waals surface area contributed by atoms with Crippen LogP contribution in [0.25, 0.3) is 0 Å². The topological polar surface area (TPSA) is 35.0 Å². The van der Waals surface area contributed by atoms with Crippen molar-refractivity contribution in [1.29, 1.82) is 0 Å². The lowest BCUT2D eigenvalue weighted by molar-refractivity contribution is 0.384. The molecular weight excluding hydrogens is 164 g/mol. The molecule has 0 unspecified atom stereocenters. The van der Waals surface area contributed by atoms with Gasteiger partial charge in [0.2, 0.25) is 5.88 Å². The fraction of sp³-hybridized carbons (Fsp3) is 0.600. The number of methoxy groups -OCH3 is 1. The molecule has 13 heavy (non-hydrogen) atoms. The van der Waals surface area contributed by atoms with Crippen molar-refractivity contribution >= 4 is 0 Å². The lowest BCUT2D eigenvalue weighted by atomic mass is 10.1. The first-order valence-corrected chi connectivity index (χ1v) is 4.61. The smallest absolute Gasteiger partial charge is 0.236 e. The predicted molar refractivity (Wildman–Crippen MR) is 54.0 cm³/mol. The van der Waals surface area contributed by atoms with Crippen LogP contribution in [0.2, 0.25) is 0 Å². The van der Waals surface area contributed by atoms with Gasteiger partial charge in [-0.05, 0) is 12.0 Å².